The van der Waals surface area contributed by atoms with Crippen molar-refractivity contribution in [2.75, 3.05) is 19.6 Å². The fraction of sp³-hybridized carbons (Fsp3) is 0.615. The number of nitrogens with one attached hydrogen (secondary N) is 4. The van der Waals surface area contributed by atoms with E-state index in [1.807, 2.05) is 58.2 Å². The third-order valence-electron chi connectivity index (χ3n) is 10.3. The number of hydrogen-bond donors (Lipinski definition) is 8. The summed E-state index contributed by atoms with van der Waals surface area (Å²) in [6.45, 7) is 8.47. The molecule has 17 nitrogen and oxygen atoms in total. The van der Waals surface area contributed by atoms with Gasteiger partial charge in [0.05, 0.1) is 6.04 Å². The molecule has 17 heteroatoms. The summed E-state index contributed by atoms with van der Waals surface area (Å²) in [5.41, 5.74) is 18.9. The number of nitrogens with two attached hydrogens (primary N) is 3. The van der Waals surface area contributed by atoms with E-state index in [1.54, 1.807) is 0 Å². The molecule has 5 amide bonds. The van der Waals surface area contributed by atoms with Crippen molar-refractivity contribution in [3.05, 3.63) is 36.0 Å². The zero-order valence-electron chi connectivity index (χ0n) is 33.0. The van der Waals surface area contributed by atoms with Crippen molar-refractivity contribution in [3.8, 4) is 0 Å². The van der Waals surface area contributed by atoms with Gasteiger partial charge in [-0.3, -0.25) is 29.0 Å². The van der Waals surface area contributed by atoms with E-state index in [0.29, 0.717) is 45.1 Å². The van der Waals surface area contributed by atoms with E-state index in [4.69, 9.17) is 17.2 Å². The summed E-state index contributed by atoms with van der Waals surface area (Å²) in [7, 11) is 0. The summed E-state index contributed by atoms with van der Waals surface area (Å²) in [4.78, 5) is 90.9. The predicted octanol–water partition coefficient (Wildman–Crippen LogP) is 0.705. The quantitative estimate of drug-likeness (QED) is 0.0562. The Kier molecular flexibility index (Phi) is 15.6. The maximum atomic E-state index is 14.1. The number of likely N-dealkylation sites (tertiary alicyclic amines) is 2. The zero-order valence-corrected chi connectivity index (χ0v) is 33.0. The van der Waals surface area contributed by atoms with Gasteiger partial charge in [-0.15, -0.1) is 0 Å². The lowest BCUT2D eigenvalue weighted by molar-refractivity contribution is -0.146. The minimum Gasteiger partial charge on any atom is -0.480 e. The molecule has 0 unspecified atom stereocenters. The van der Waals surface area contributed by atoms with Gasteiger partial charge >= 0.3 is 5.97 Å². The van der Waals surface area contributed by atoms with Gasteiger partial charge in [-0.25, -0.2) is 4.79 Å². The number of amides is 5. The van der Waals surface area contributed by atoms with Crippen molar-refractivity contribution >= 4 is 52.4 Å². The lowest BCUT2D eigenvalue weighted by Crippen LogP contribution is -2.59. The number of para-hydroxylation sites is 1. The van der Waals surface area contributed by atoms with Crippen LogP contribution in [0.4, 0.5) is 0 Å². The Bertz CT molecular complexity index is 1740. The first kappa shape index (κ1) is 43.5. The zero-order chi connectivity index (χ0) is 41.1. The Labute approximate surface area is 327 Å². The lowest BCUT2D eigenvalue weighted by atomic mass is 10.00. The number of aliphatic imine (C=N–C) groups is 1. The SMILES string of the molecule is CC(C)C[C@H](NC(=O)[C@@H](N)Cc1c[nH]c2ccccc12)C(=O)N1CCC[C@H]1C(=O)N[C@@H](CC(C)C)C(=O)N1CCC[C@H]1C(=O)N[C@@H](CCCN=C(N)N)C(=O)O. The molecule has 0 radical (unpaired) electrons. The molecule has 1 aromatic heterocycles. The van der Waals surface area contributed by atoms with E-state index < -0.39 is 71.8 Å². The maximum Gasteiger partial charge on any atom is 0.326 e. The monoisotopic (exact) mass is 780 g/mol. The molecular weight excluding hydrogens is 720 g/mol. The van der Waals surface area contributed by atoms with Crippen LogP contribution in [0.2, 0.25) is 0 Å². The highest BCUT2D eigenvalue weighted by Crippen LogP contribution is 2.24. The fourth-order valence-corrected chi connectivity index (χ4v) is 7.60. The van der Waals surface area contributed by atoms with Crippen LogP contribution < -0.4 is 33.2 Å². The number of nitrogens with zero attached hydrogens (tertiary/aromatic N) is 3. The smallest absolute Gasteiger partial charge is 0.326 e. The molecule has 56 heavy (non-hydrogen) atoms. The molecule has 0 saturated carbocycles. The molecule has 0 bridgehead atoms. The number of H-pyrrole nitrogens is 1. The first-order valence-corrected chi connectivity index (χ1v) is 19.7. The van der Waals surface area contributed by atoms with E-state index in [-0.39, 0.29) is 50.1 Å². The lowest BCUT2D eigenvalue weighted by Gasteiger charge is -2.33. The summed E-state index contributed by atoms with van der Waals surface area (Å²) in [5, 5.41) is 19.0. The van der Waals surface area contributed by atoms with Gasteiger partial charge < -0.3 is 53.0 Å². The van der Waals surface area contributed by atoms with E-state index in [2.05, 4.69) is 25.9 Å². The molecule has 3 heterocycles. The molecule has 2 aliphatic heterocycles. The molecule has 11 N–H and O–H groups in total. The van der Waals surface area contributed by atoms with Crippen molar-refractivity contribution in [2.24, 2.45) is 34.0 Å². The van der Waals surface area contributed by atoms with Crippen LogP contribution in [0.5, 0.6) is 0 Å². The van der Waals surface area contributed by atoms with Gasteiger partial charge in [0.15, 0.2) is 5.96 Å². The van der Waals surface area contributed by atoms with Crippen LogP contribution in [0.1, 0.15) is 84.6 Å². The second kappa shape index (κ2) is 20.1. The van der Waals surface area contributed by atoms with Crippen molar-refractivity contribution < 1.29 is 33.9 Å². The number of carbonyl (C=O) groups excluding carboxylic acids is 5. The molecule has 308 valence electrons. The second-order valence-electron chi connectivity index (χ2n) is 15.8. The standard InChI is InChI=1S/C39H60N10O7/c1-22(2)18-29(46-33(50)26(40)20-24-21-44-27-11-6-5-10-25(24)27)36(53)49-17-9-14-32(49)35(52)47-30(19-23(3)4)37(54)48-16-8-13-31(48)34(51)45-28(38(55)56)12-7-15-43-39(41)42/h5-6,10-11,21-23,26,28-32,44H,7-9,12-20,40H2,1-4H3,(H,45,51)(H,46,50)(H,47,52)(H,55,56)(H4,41,42,43)/t26-,28-,29-,30-,31-,32-/m0/s1. The van der Waals surface area contributed by atoms with E-state index in [0.717, 1.165) is 16.5 Å². The average Bonchev–Trinajstić information content (AvgIpc) is 3.92. The summed E-state index contributed by atoms with van der Waals surface area (Å²) in [6.07, 6.45) is 4.88. The van der Waals surface area contributed by atoms with Crippen LogP contribution in [0.15, 0.2) is 35.5 Å². The van der Waals surface area contributed by atoms with E-state index in [1.165, 1.54) is 9.80 Å². The first-order valence-electron chi connectivity index (χ1n) is 19.7. The minimum absolute atomic E-state index is 0.0128. The van der Waals surface area contributed by atoms with Crippen LogP contribution in [-0.2, 0) is 35.2 Å². The van der Waals surface area contributed by atoms with Crippen LogP contribution in [0.3, 0.4) is 0 Å². The summed E-state index contributed by atoms with van der Waals surface area (Å²) in [5.74, 6) is -3.70. The number of aromatic nitrogens is 1. The molecule has 2 aliphatic rings. The highest BCUT2D eigenvalue weighted by Gasteiger charge is 2.42. The number of carboxylic acids is 1. The Morgan fingerprint density at radius 2 is 1.38 bits per heavy atom. The fourth-order valence-electron chi connectivity index (χ4n) is 7.60. The number of rotatable bonds is 19. The van der Waals surface area contributed by atoms with E-state index in [9.17, 15) is 33.9 Å². The maximum absolute atomic E-state index is 14.1. The van der Waals surface area contributed by atoms with Gasteiger partial charge in [0, 0.05) is 36.7 Å². The van der Waals surface area contributed by atoms with Crippen LogP contribution in [-0.4, -0.2) is 117 Å². The van der Waals surface area contributed by atoms with Crippen LogP contribution in [0.25, 0.3) is 10.9 Å². The van der Waals surface area contributed by atoms with Gasteiger partial charge in [0.1, 0.15) is 30.2 Å². The summed E-state index contributed by atoms with van der Waals surface area (Å²) in [6, 6.07) is 1.91. The van der Waals surface area contributed by atoms with Crippen LogP contribution in [0, 0.1) is 11.8 Å². The van der Waals surface area contributed by atoms with Gasteiger partial charge in [-0.1, -0.05) is 45.9 Å². The van der Waals surface area contributed by atoms with Gasteiger partial charge in [-0.2, -0.15) is 0 Å². The Hall–Kier alpha value is -5.19. The molecule has 2 fully saturated rings. The molecule has 0 spiro atoms. The largest absolute Gasteiger partial charge is 0.480 e. The predicted molar refractivity (Wildman–Crippen MR) is 212 cm³/mol. The minimum atomic E-state index is -1.22. The first-order chi connectivity index (χ1) is 26.6. The molecule has 6 atom stereocenters. The Morgan fingerprint density at radius 1 is 0.839 bits per heavy atom. The number of benzene rings is 1. The highest BCUT2D eigenvalue weighted by molar-refractivity contribution is 5.97. The molecule has 2 aromatic rings. The summed E-state index contributed by atoms with van der Waals surface area (Å²) < 4.78 is 0. The van der Waals surface area contributed by atoms with Crippen molar-refractivity contribution in [3.63, 3.8) is 0 Å². The number of carbonyl (C=O) groups is 6. The normalized spacial score (nSPS) is 19.1. The molecule has 1 aromatic carbocycles. The van der Waals surface area contributed by atoms with Crippen molar-refractivity contribution in [2.45, 2.75) is 122 Å². The van der Waals surface area contributed by atoms with Crippen molar-refractivity contribution in [1.29, 1.82) is 0 Å². The molecular formula is C39H60N10O7. The molecule has 0 aliphatic carbocycles. The highest BCUT2D eigenvalue weighted by atomic mass is 16.4. The van der Waals surface area contributed by atoms with Gasteiger partial charge in [0.25, 0.3) is 0 Å². The third-order valence-corrected chi connectivity index (χ3v) is 10.3. The third kappa shape index (κ3) is 11.7. The van der Waals surface area contributed by atoms with Crippen LogP contribution >= 0.6 is 0 Å². The topological polar surface area (TPSA) is 271 Å². The van der Waals surface area contributed by atoms with Gasteiger partial charge in [-0.05, 0) is 81.3 Å². The summed E-state index contributed by atoms with van der Waals surface area (Å²) >= 11 is 0. The Morgan fingerprint density at radius 3 is 1.91 bits per heavy atom. The van der Waals surface area contributed by atoms with E-state index >= 15 is 0 Å². The van der Waals surface area contributed by atoms with Crippen molar-refractivity contribution in [1.82, 2.24) is 30.7 Å². The number of aliphatic carboxylic acids is 1. The molecule has 4 rings (SSSR count). The number of hydrogen-bond acceptors (Lipinski definition) is 8. The Balaban J connectivity index is 1.42. The number of fused-ring (bicyclic) bond motifs is 1. The number of guanidine groups is 1. The molecule has 2 saturated heterocycles. The van der Waals surface area contributed by atoms with Gasteiger partial charge in [0.2, 0.25) is 29.5 Å². The number of aromatic amines is 1. The number of carboxylic acid groups (broad SMARTS) is 1. The average molecular weight is 781 g/mol. The second-order valence-corrected chi connectivity index (χ2v) is 15.8.